The molecule has 2 rings (SSSR count). The van der Waals surface area contributed by atoms with Gasteiger partial charge in [-0.2, -0.15) is 17.0 Å². The maximum atomic E-state index is 12.2. The number of rotatable bonds is 4. The van der Waals surface area contributed by atoms with Gasteiger partial charge < -0.3 is 5.32 Å². The number of nitriles is 1. The first kappa shape index (κ1) is 15.6. The summed E-state index contributed by atoms with van der Waals surface area (Å²) >= 11 is 9.20. The van der Waals surface area contributed by atoms with E-state index in [1.54, 1.807) is 17.8 Å². The SMILES string of the molecule is C[C@@H](Sc1ccccc1Cl)C(=O)N[C@]1(C#N)CCSC1. The zero-order valence-electron chi connectivity index (χ0n) is 11.1. The van der Waals surface area contributed by atoms with E-state index in [2.05, 4.69) is 11.4 Å². The molecule has 0 radical (unpaired) electrons. The minimum absolute atomic E-state index is 0.112. The number of nitrogens with one attached hydrogen (secondary N) is 1. The molecule has 0 bridgehead atoms. The van der Waals surface area contributed by atoms with Crippen LogP contribution in [0.15, 0.2) is 29.2 Å². The van der Waals surface area contributed by atoms with Crippen molar-refractivity contribution < 1.29 is 4.79 Å². The number of hydrogen-bond acceptors (Lipinski definition) is 4. The second kappa shape index (κ2) is 6.75. The number of benzene rings is 1. The number of thioether (sulfide) groups is 2. The van der Waals surface area contributed by atoms with Crippen LogP contribution in [0, 0.1) is 11.3 Å². The predicted molar refractivity (Wildman–Crippen MR) is 85.2 cm³/mol. The maximum Gasteiger partial charge on any atom is 0.234 e. The van der Waals surface area contributed by atoms with Gasteiger partial charge in [-0.1, -0.05) is 23.7 Å². The fourth-order valence-corrected chi connectivity index (χ4v) is 4.32. The first-order chi connectivity index (χ1) is 9.56. The number of hydrogen-bond donors (Lipinski definition) is 1. The van der Waals surface area contributed by atoms with Gasteiger partial charge in [-0.15, -0.1) is 11.8 Å². The van der Waals surface area contributed by atoms with Crippen LogP contribution in [0.4, 0.5) is 0 Å². The first-order valence-electron chi connectivity index (χ1n) is 6.28. The molecule has 0 aromatic heterocycles. The number of carbonyl (C=O) groups is 1. The van der Waals surface area contributed by atoms with Crippen LogP contribution in [-0.4, -0.2) is 28.2 Å². The predicted octanol–water partition coefficient (Wildman–Crippen LogP) is 3.34. The summed E-state index contributed by atoms with van der Waals surface area (Å²) in [6, 6.07) is 9.70. The summed E-state index contributed by atoms with van der Waals surface area (Å²) in [4.78, 5) is 13.1. The van der Waals surface area contributed by atoms with Gasteiger partial charge in [0.25, 0.3) is 0 Å². The third-order valence-corrected chi connectivity index (χ3v) is 5.92. The van der Waals surface area contributed by atoms with Crippen molar-refractivity contribution in [2.24, 2.45) is 0 Å². The van der Waals surface area contributed by atoms with Gasteiger partial charge in [-0.3, -0.25) is 4.79 Å². The second-order valence-corrected chi connectivity index (χ2v) is 7.57. The van der Waals surface area contributed by atoms with E-state index in [1.807, 2.05) is 25.1 Å². The Labute approximate surface area is 132 Å². The van der Waals surface area contributed by atoms with E-state index < -0.39 is 5.54 Å². The summed E-state index contributed by atoms with van der Waals surface area (Å²) in [5.74, 6) is 1.47. The Kier molecular flexibility index (Phi) is 5.25. The van der Waals surface area contributed by atoms with Gasteiger partial charge >= 0.3 is 0 Å². The molecule has 1 N–H and O–H groups in total. The van der Waals surface area contributed by atoms with E-state index in [0.717, 1.165) is 10.6 Å². The lowest BCUT2D eigenvalue weighted by Crippen LogP contribution is -2.50. The highest BCUT2D eigenvalue weighted by atomic mass is 35.5. The quantitative estimate of drug-likeness (QED) is 0.862. The van der Waals surface area contributed by atoms with E-state index >= 15 is 0 Å². The highest BCUT2D eigenvalue weighted by molar-refractivity contribution is 8.00. The molecule has 1 aromatic rings. The van der Waals surface area contributed by atoms with Crippen LogP contribution >= 0.6 is 35.1 Å². The Morgan fingerprint density at radius 3 is 2.95 bits per heavy atom. The summed E-state index contributed by atoms with van der Waals surface area (Å²) < 4.78 is 0. The lowest BCUT2D eigenvalue weighted by molar-refractivity contribution is -0.121. The topological polar surface area (TPSA) is 52.9 Å². The van der Waals surface area contributed by atoms with Crippen LogP contribution in [0.25, 0.3) is 0 Å². The summed E-state index contributed by atoms with van der Waals surface area (Å²) in [6.07, 6.45) is 0.712. The van der Waals surface area contributed by atoms with Crippen molar-refractivity contribution >= 4 is 41.0 Å². The normalized spacial score (nSPS) is 23.1. The summed E-state index contributed by atoms with van der Waals surface area (Å²) in [5.41, 5.74) is -0.697. The molecule has 1 aliphatic rings. The molecule has 0 aliphatic carbocycles. The van der Waals surface area contributed by atoms with Gasteiger partial charge in [-0.25, -0.2) is 0 Å². The molecule has 0 unspecified atom stereocenters. The highest BCUT2D eigenvalue weighted by Gasteiger charge is 2.37. The zero-order valence-corrected chi connectivity index (χ0v) is 13.4. The molecule has 1 fully saturated rings. The minimum Gasteiger partial charge on any atom is -0.336 e. The third kappa shape index (κ3) is 3.63. The van der Waals surface area contributed by atoms with Crippen molar-refractivity contribution in [3.63, 3.8) is 0 Å². The number of halogens is 1. The van der Waals surface area contributed by atoms with Gasteiger partial charge in [0, 0.05) is 10.6 Å². The Morgan fingerprint density at radius 1 is 1.60 bits per heavy atom. The summed E-state index contributed by atoms with van der Waals surface area (Å²) in [5, 5.41) is 12.5. The molecule has 1 aliphatic heterocycles. The van der Waals surface area contributed by atoms with E-state index in [-0.39, 0.29) is 11.2 Å². The van der Waals surface area contributed by atoms with Crippen molar-refractivity contribution in [2.45, 2.75) is 29.0 Å². The summed E-state index contributed by atoms with van der Waals surface area (Å²) in [6.45, 7) is 1.83. The van der Waals surface area contributed by atoms with Gasteiger partial charge in [0.05, 0.1) is 16.3 Å². The van der Waals surface area contributed by atoms with Crippen LogP contribution in [0.2, 0.25) is 5.02 Å². The minimum atomic E-state index is -0.697. The average molecular weight is 327 g/mol. The van der Waals surface area contributed by atoms with Crippen molar-refractivity contribution in [1.82, 2.24) is 5.32 Å². The molecular formula is C14H15ClN2OS2. The van der Waals surface area contributed by atoms with E-state index in [9.17, 15) is 10.1 Å². The fraction of sp³-hybridized carbons (Fsp3) is 0.429. The second-order valence-electron chi connectivity index (χ2n) is 4.68. The van der Waals surface area contributed by atoms with Gasteiger partial charge in [0.15, 0.2) is 0 Å². The van der Waals surface area contributed by atoms with E-state index in [4.69, 9.17) is 11.6 Å². The van der Waals surface area contributed by atoms with Gasteiger partial charge in [0.1, 0.15) is 5.54 Å². The van der Waals surface area contributed by atoms with Crippen LogP contribution in [0.5, 0.6) is 0 Å². The molecule has 0 spiro atoms. The molecular weight excluding hydrogens is 312 g/mol. The molecule has 1 saturated heterocycles. The first-order valence-corrected chi connectivity index (χ1v) is 8.70. The highest BCUT2D eigenvalue weighted by Crippen LogP contribution is 2.31. The van der Waals surface area contributed by atoms with Crippen LogP contribution < -0.4 is 5.32 Å². The molecule has 3 nitrogen and oxygen atoms in total. The van der Waals surface area contributed by atoms with Crippen molar-refractivity contribution in [2.75, 3.05) is 11.5 Å². The molecule has 1 heterocycles. The Bertz CT molecular complexity index is 538. The van der Waals surface area contributed by atoms with E-state index in [0.29, 0.717) is 17.2 Å². The van der Waals surface area contributed by atoms with Crippen molar-refractivity contribution in [3.05, 3.63) is 29.3 Å². The lowest BCUT2D eigenvalue weighted by Gasteiger charge is -2.23. The van der Waals surface area contributed by atoms with Crippen LogP contribution in [-0.2, 0) is 4.79 Å². The number of nitrogens with zero attached hydrogens (tertiary/aromatic N) is 1. The third-order valence-electron chi connectivity index (χ3n) is 3.11. The Balaban J connectivity index is 1.99. The number of amides is 1. The zero-order chi connectivity index (χ0) is 14.6. The van der Waals surface area contributed by atoms with Crippen LogP contribution in [0.1, 0.15) is 13.3 Å². The fourth-order valence-electron chi connectivity index (χ4n) is 1.90. The monoisotopic (exact) mass is 326 g/mol. The van der Waals surface area contributed by atoms with Gasteiger partial charge in [-0.05, 0) is 31.2 Å². The van der Waals surface area contributed by atoms with Gasteiger partial charge in [0.2, 0.25) is 5.91 Å². The Hall–Kier alpha value is -0.830. The molecule has 2 atom stereocenters. The maximum absolute atomic E-state index is 12.2. The standard InChI is InChI=1S/C14H15ClN2OS2/c1-10(20-12-5-3-2-4-11(12)15)13(18)17-14(8-16)6-7-19-9-14/h2-5,10H,6-7,9H2,1H3,(H,17,18)/t10-,14+/m1/s1. The van der Waals surface area contributed by atoms with Crippen molar-refractivity contribution in [3.8, 4) is 6.07 Å². The van der Waals surface area contributed by atoms with E-state index in [1.165, 1.54) is 11.8 Å². The van der Waals surface area contributed by atoms with Crippen molar-refractivity contribution in [1.29, 1.82) is 5.26 Å². The molecule has 1 aromatic carbocycles. The Morgan fingerprint density at radius 2 is 2.35 bits per heavy atom. The molecule has 20 heavy (non-hydrogen) atoms. The molecule has 1 amide bonds. The summed E-state index contributed by atoms with van der Waals surface area (Å²) in [7, 11) is 0. The van der Waals surface area contributed by atoms with Crippen LogP contribution in [0.3, 0.4) is 0 Å². The molecule has 106 valence electrons. The molecule has 6 heteroatoms. The smallest absolute Gasteiger partial charge is 0.234 e. The largest absolute Gasteiger partial charge is 0.336 e. The number of carbonyl (C=O) groups excluding carboxylic acids is 1. The molecule has 0 saturated carbocycles. The average Bonchev–Trinajstić information content (AvgIpc) is 2.90. The lowest BCUT2D eigenvalue weighted by atomic mass is 10.0.